The average molecular weight is 387 g/mol. The molecule has 2 amide bonds. The van der Waals surface area contributed by atoms with Crippen molar-refractivity contribution in [2.24, 2.45) is 5.73 Å². The van der Waals surface area contributed by atoms with Gasteiger partial charge in [0.15, 0.2) is 5.13 Å². The number of hydrogen-bond donors (Lipinski definition) is 3. The zero-order valence-electron chi connectivity index (χ0n) is 13.7. The van der Waals surface area contributed by atoms with E-state index in [-0.39, 0.29) is 31.4 Å². The number of amides is 2. The molecule has 8 nitrogen and oxygen atoms in total. The van der Waals surface area contributed by atoms with Crippen LogP contribution in [0, 0.1) is 0 Å². The quantitative estimate of drug-likeness (QED) is 0.659. The molecule has 4 N–H and O–H groups in total. The van der Waals surface area contributed by atoms with Crippen LogP contribution in [0.4, 0.5) is 5.13 Å². The first-order valence-corrected chi connectivity index (χ1v) is 7.90. The fourth-order valence-electron chi connectivity index (χ4n) is 1.88. The number of nitrogens with zero attached hydrogens (tertiary/aromatic N) is 1. The first-order chi connectivity index (χ1) is 11.6. The Bertz CT molecular complexity index is 738. The lowest BCUT2D eigenvalue weighted by molar-refractivity contribution is -0.123. The number of nitrogens with two attached hydrogens (primary N) is 1. The number of hydrogen-bond acceptors (Lipinski definition) is 7. The summed E-state index contributed by atoms with van der Waals surface area (Å²) in [6, 6.07) is 5.38. The number of rotatable bonds is 7. The van der Waals surface area contributed by atoms with Gasteiger partial charge in [0.1, 0.15) is 11.5 Å². The van der Waals surface area contributed by atoms with Gasteiger partial charge in [-0.3, -0.25) is 9.59 Å². The normalized spacial score (nSPS) is 9.72. The van der Waals surface area contributed by atoms with Crippen molar-refractivity contribution in [1.82, 2.24) is 10.3 Å². The Labute approximate surface area is 155 Å². The standard InChI is InChI=1S/C15H18N4O4S.ClH/c1-22-9-3-4-12(23-2)10(5-9)11-8-24-15(18-11)19-14(21)7-17-13(20)6-16;/h3-5,8H,6-7,16H2,1-2H3,(H,17,20)(H,18,19,21);1H. The highest BCUT2D eigenvalue weighted by Crippen LogP contribution is 2.34. The monoisotopic (exact) mass is 386 g/mol. The topological polar surface area (TPSA) is 116 Å². The maximum absolute atomic E-state index is 11.8. The van der Waals surface area contributed by atoms with Crippen LogP contribution in [0.15, 0.2) is 23.6 Å². The number of methoxy groups -OCH3 is 2. The van der Waals surface area contributed by atoms with Gasteiger partial charge >= 0.3 is 0 Å². The molecule has 0 aliphatic rings. The number of ether oxygens (including phenoxy) is 2. The predicted octanol–water partition coefficient (Wildman–Crippen LogP) is 1.26. The summed E-state index contributed by atoms with van der Waals surface area (Å²) in [5.41, 5.74) is 6.56. The van der Waals surface area contributed by atoms with Crippen molar-refractivity contribution < 1.29 is 19.1 Å². The number of carbonyl (C=O) groups excluding carboxylic acids is 2. The molecule has 0 radical (unpaired) electrons. The largest absolute Gasteiger partial charge is 0.497 e. The molecule has 2 rings (SSSR count). The summed E-state index contributed by atoms with van der Waals surface area (Å²) in [7, 11) is 3.15. The highest BCUT2D eigenvalue weighted by Gasteiger charge is 2.13. The molecule has 0 aliphatic carbocycles. The van der Waals surface area contributed by atoms with Crippen LogP contribution in [0.25, 0.3) is 11.3 Å². The molecule has 0 unspecified atom stereocenters. The third kappa shape index (κ3) is 5.59. The molecule has 2 aromatic rings. The van der Waals surface area contributed by atoms with E-state index in [1.807, 2.05) is 0 Å². The minimum atomic E-state index is -0.397. The Morgan fingerprint density at radius 1 is 1.24 bits per heavy atom. The van der Waals surface area contributed by atoms with E-state index in [0.717, 1.165) is 5.56 Å². The van der Waals surface area contributed by atoms with E-state index in [4.69, 9.17) is 15.2 Å². The summed E-state index contributed by atoms with van der Waals surface area (Å²) in [5, 5.41) is 7.22. The zero-order chi connectivity index (χ0) is 17.5. The molecular weight excluding hydrogens is 368 g/mol. The molecule has 0 aliphatic heterocycles. The molecule has 1 aromatic heterocycles. The fraction of sp³-hybridized carbons (Fsp3) is 0.267. The van der Waals surface area contributed by atoms with Crippen molar-refractivity contribution in [1.29, 1.82) is 0 Å². The van der Waals surface area contributed by atoms with E-state index in [2.05, 4.69) is 15.6 Å². The van der Waals surface area contributed by atoms with Crippen molar-refractivity contribution in [3.8, 4) is 22.8 Å². The van der Waals surface area contributed by atoms with E-state index >= 15 is 0 Å². The van der Waals surface area contributed by atoms with E-state index in [1.54, 1.807) is 37.8 Å². The van der Waals surface area contributed by atoms with Crippen molar-refractivity contribution in [3.63, 3.8) is 0 Å². The van der Waals surface area contributed by atoms with Crippen molar-refractivity contribution in [2.75, 3.05) is 32.6 Å². The number of thiazole rings is 1. The molecule has 0 atom stereocenters. The van der Waals surface area contributed by atoms with Crippen LogP contribution in [-0.2, 0) is 9.59 Å². The smallest absolute Gasteiger partial charge is 0.245 e. The molecule has 136 valence electrons. The van der Waals surface area contributed by atoms with Crippen LogP contribution in [0.5, 0.6) is 11.5 Å². The van der Waals surface area contributed by atoms with Gasteiger partial charge in [-0.05, 0) is 18.2 Å². The first kappa shape index (κ1) is 20.7. The molecule has 0 spiro atoms. The second kappa shape index (κ2) is 9.82. The van der Waals surface area contributed by atoms with Gasteiger partial charge in [0, 0.05) is 10.9 Å². The van der Waals surface area contributed by atoms with Crippen LogP contribution < -0.4 is 25.8 Å². The SMILES string of the molecule is COc1ccc(OC)c(-c2csc(NC(=O)CNC(=O)CN)n2)c1.Cl. The lowest BCUT2D eigenvalue weighted by atomic mass is 10.1. The third-order valence-corrected chi connectivity index (χ3v) is 3.82. The molecule has 1 aromatic carbocycles. The van der Waals surface area contributed by atoms with E-state index in [0.29, 0.717) is 22.3 Å². The lowest BCUT2D eigenvalue weighted by Gasteiger charge is -2.08. The summed E-state index contributed by atoms with van der Waals surface area (Å²) in [4.78, 5) is 27.2. The minimum Gasteiger partial charge on any atom is -0.497 e. The van der Waals surface area contributed by atoms with Crippen LogP contribution in [0.2, 0.25) is 0 Å². The van der Waals surface area contributed by atoms with Crippen LogP contribution in [-0.4, -0.2) is 44.1 Å². The van der Waals surface area contributed by atoms with E-state index < -0.39 is 5.91 Å². The van der Waals surface area contributed by atoms with E-state index in [9.17, 15) is 9.59 Å². The summed E-state index contributed by atoms with van der Waals surface area (Å²) in [5.74, 6) is 0.546. The molecular formula is C15H19ClN4O4S. The number of anilines is 1. The Morgan fingerprint density at radius 3 is 2.64 bits per heavy atom. The van der Waals surface area contributed by atoms with Crippen LogP contribution in [0.1, 0.15) is 0 Å². The lowest BCUT2D eigenvalue weighted by Crippen LogP contribution is -2.36. The fourth-order valence-corrected chi connectivity index (χ4v) is 2.61. The molecule has 0 saturated carbocycles. The average Bonchev–Trinajstić information content (AvgIpc) is 3.07. The Morgan fingerprint density at radius 2 is 2.00 bits per heavy atom. The van der Waals surface area contributed by atoms with Crippen LogP contribution >= 0.6 is 23.7 Å². The highest BCUT2D eigenvalue weighted by molar-refractivity contribution is 7.14. The summed E-state index contributed by atoms with van der Waals surface area (Å²) < 4.78 is 10.5. The maximum atomic E-state index is 11.8. The summed E-state index contributed by atoms with van der Waals surface area (Å²) in [6.07, 6.45) is 0. The Kier molecular flexibility index (Phi) is 8.12. The zero-order valence-corrected chi connectivity index (χ0v) is 15.3. The van der Waals surface area contributed by atoms with Crippen LogP contribution in [0.3, 0.4) is 0 Å². The molecule has 10 heteroatoms. The second-order valence-corrected chi connectivity index (χ2v) is 5.49. The summed E-state index contributed by atoms with van der Waals surface area (Å²) in [6.45, 7) is -0.322. The van der Waals surface area contributed by atoms with Gasteiger partial charge in [-0.15, -0.1) is 23.7 Å². The Hall–Kier alpha value is -2.36. The molecule has 0 bridgehead atoms. The number of benzene rings is 1. The van der Waals surface area contributed by atoms with Gasteiger partial charge in [0.05, 0.1) is 33.0 Å². The van der Waals surface area contributed by atoms with Gasteiger partial charge in [-0.2, -0.15) is 0 Å². The molecule has 1 heterocycles. The Balaban J connectivity index is 0.00000312. The highest BCUT2D eigenvalue weighted by atomic mass is 35.5. The first-order valence-electron chi connectivity index (χ1n) is 7.02. The predicted molar refractivity (Wildman–Crippen MR) is 98.6 cm³/mol. The van der Waals surface area contributed by atoms with Gasteiger partial charge in [0.25, 0.3) is 0 Å². The van der Waals surface area contributed by atoms with Gasteiger partial charge in [-0.1, -0.05) is 0 Å². The number of nitrogens with one attached hydrogen (secondary N) is 2. The molecule has 25 heavy (non-hydrogen) atoms. The maximum Gasteiger partial charge on any atom is 0.245 e. The number of carbonyl (C=O) groups is 2. The van der Waals surface area contributed by atoms with Gasteiger partial charge < -0.3 is 25.8 Å². The minimum absolute atomic E-state index is 0. The van der Waals surface area contributed by atoms with Crippen molar-refractivity contribution >= 4 is 40.7 Å². The van der Waals surface area contributed by atoms with Gasteiger partial charge in [0.2, 0.25) is 11.8 Å². The number of halogens is 1. The summed E-state index contributed by atoms with van der Waals surface area (Å²) >= 11 is 1.27. The van der Waals surface area contributed by atoms with Gasteiger partial charge in [-0.25, -0.2) is 4.98 Å². The number of aromatic nitrogens is 1. The van der Waals surface area contributed by atoms with E-state index in [1.165, 1.54) is 11.3 Å². The molecule has 0 saturated heterocycles. The second-order valence-electron chi connectivity index (χ2n) is 4.63. The molecule has 0 fully saturated rings. The van der Waals surface area contributed by atoms with Crippen molar-refractivity contribution in [2.45, 2.75) is 0 Å². The third-order valence-electron chi connectivity index (χ3n) is 3.06. The van der Waals surface area contributed by atoms with Crippen molar-refractivity contribution in [3.05, 3.63) is 23.6 Å².